The zero-order valence-corrected chi connectivity index (χ0v) is 12.3. The van der Waals surface area contributed by atoms with E-state index < -0.39 is 6.10 Å². The van der Waals surface area contributed by atoms with Crippen LogP contribution in [-0.4, -0.2) is 24.2 Å². The fourth-order valence-electron chi connectivity index (χ4n) is 1.82. The van der Waals surface area contributed by atoms with Crippen LogP contribution in [0.1, 0.15) is 29.1 Å². The van der Waals surface area contributed by atoms with Gasteiger partial charge in [-0.2, -0.15) is 0 Å². The van der Waals surface area contributed by atoms with E-state index in [1.807, 2.05) is 6.92 Å². The third-order valence-electron chi connectivity index (χ3n) is 2.82. The monoisotopic (exact) mass is 309 g/mol. The first-order valence-corrected chi connectivity index (χ1v) is 6.91. The Morgan fingerprint density at radius 2 is 2.29 bits per heavy atom. The Morgan fingerprint density at radius 1 is 1.48 bits per heavy atom. The van der Waals surface area contributed by atoms with Crippen molar-refractivity contribution in [2.24, 2.45) is 0 Å². The molecule has 0 aliphatic heterocycles. The van der Waals surface area contributed by atoms with Gasteiger partial charge >= 0.3 is 0 Å². The molecule has 0 saturated heterocycles. The van der Waals surface area contributed by atoms with Crippen molar-refractivity contribution in [3.05, 3.63) is 52.9 Å². The van der Waals surface area contributed by atoms with Crippen LogP contribution in [0.25, 0.3) is 0 Å². The van der Waals surface area contributed by atoms with Crippen molar-refractivity contribution < 1.29 is 19.1 Å². The molecule has 0 aliphatic carbocycles. The summed E-state index contributed by atoms with van der Waals surface area (Å²) >= 11 is 5.89. The Morgan fingerprint density at radius 3 is 2.95 bits per heavy atom. The van der Waals surface area contributed by atoms with Gasteiger partial charge in [0.25, 0.3) is 5.91 Å². The number of amides is 1. The fourth-order valence-corrected chi connectivity index (χ4v) is 1.99. The van der Waals surface area contributed by atoms with Gasteiger partial charge in [0, 0.05) is 5.02 Å². The molecule has 1 amide bonds. The molecule has 112 valence electrons. The zero-order chi connectivity index (χ0) is 15.2. The van der Waals surface area contributed by atoms with Crippen LogP contribution < -0.4 is 10.1 Å². The lowest BCUT2D eigenvalue weighted by molar-refractivity contribution is 0.0897. The highest BCUT2D eigenvalue weighted by Crippen LogP contribution is 2.23. The van der Waals surface area contributed by atoms with E-state index in [1.54, 1.807) is 30.3 Å². The lowest BCUT2D eigenvalue weighted by Crippen LogP contribution is -2.28. The fraction of sp³-hybridized carbons (Fsp3) is 0.267. The third-order valence-corrected chi connectivity index (χ3v) is 3.05. The number of hydrogen-bond donors (Lipinski definition) is 2. The van der Waals surface area contributed by atoms with Crippen molar-refractivity contribution in [1.29, 1.82) is 0 Å². The van der Waals surface area contributed by atoms with E-state index in [9.17, 15) is 9.90 Å². The number of furan rings is 1. The molecule has 0 saturated carbocycles. The molecule has 0 bridgehead atoms. The average Bonchev–Trinajstić information content (AvgIpc) is 2.99. The second-order valence-electron chi connectivity index (χ2n) is 4.31. The van der Waals surface area contributed by atoms with Crippen LogP contribution in [-0.2, 0) is 0 Å². The molecule has 1 heterocycles. The van der Waals surface area contributed by atoms with Gasteiger partial charge in [0.05, 0.1) is 25.0 Å². The van der Waals surface area contributed by atoms with Gasteiger partial charge in [-0.25, -0.2) is 0 Å². The van der Waals surface area contributed by atoms with Gasteiger partial charge < -0.3 is 19.6 Å². The normalized spacial score (nSPS) is 12.0. The van der Waals surface area contributed by atoms with Gasteiger partial charge in [-0.3, -0.25) is 4.79 Å². The van der Waals surface area contributed by atoms with Gasteiger partial charge in [0.15, 0.2) is 0 Å². The number of carbonyl (C=O) groups excluding carboxylic acids is 1. The SMILES string of the molecule is CCOc1cc(Cl)ccc1C(=O)NCC(O)c1ccco1. The van der Waals surface area contributed by atoms with Crippen LogP contribution in [0, 0.1) is 0 Å². The quantitative estimate of drug-likeness (QED) is 0.860. The molecule has 0 aliphatic rings. The highest BCUT2D eigenvalue weighted by Gasteiger charge is 2.16. The summed E-state index contributed by atoms with van der Waals surface area (Å²) < 4.78 is 10.5. The van der Waals surface area contributed by atoms with Crippen LogP contribution in [0.3, 0.4) is 0 Å². The average molecular weight is 310 g/mol. The molecule has 2 N–H and O–H groups in total. The van der Waals surface area contributed by atoms with Crippen molar-refractivity contribution in [2.45, 2.75) is 13.0 Å². The number of aliphatic hydroxyl groups excluding tert-OH is 1. The molecule has 1 aromatic heterocycles. The molecule has 0 fully saturated rings. The van der Waals surface area contributed by atoms with Gasteiger partial charge in [-0.05, 0) is 37.3 Å². The Balaban J connectivity index is 2.03. The molecule has 1 aromatic carbocycles. The van der Waals surface area contributed by atoms with Crippen LogP contribution in [0.2, 0.25) is 5.02 Å². The maximum Gasteiger partial charge on any atom is 0.255 e. The molecule has 2 aromatic rings. The summed E-state index contributed by atoms with van der Waals surface area (Å²) in [4.78, 5) is 12.1. The molecular weight excluding hydrogens is 294 g/mol. The molecule has 0 spiro atoms. The van der Waals surface area contributed by atoms with Crippen LogP contribution in [0.4, 0.5) is 0 Å². The maximum atomic E-state index is 12.1. The van der Waals surface area contributed by atoms with Crippen molar-refractivity contribution in [2.75, 3.05) is 13.2 Å². The first-order chi connectivity index (χ1) is 10.1. The Labute approximate surface area is 127 Å². The largest absolute Gasteiger partial charge is 0.493 e. The number of aliphatic hydroxyl groups is 1. The highest BCUT2D eigenvalue weighted by atomic mass is 35.5. The summed E-state index contributed by atoms with van der Waals surface area (Å²) in [5.41, 5.74) is 0.368. The standard InChI is InChI=1S/C15H16ClNO4/c1-2-20-14-8-10(16)5-6-11(14)15(19)17-9-12(18)13-4-3-7-21-13/h3-8,12,18H,2,9H2,1H3,(H,17,19). The van der Waals surface area contributed by atoms with Crippen LogP contribution >= 0.6 is 11.6 Å². The topological polar surface area (TPSA) is 71.7 Å². The molecule has 0 radical (unpaired) electrons. The van der Waals surface area contributed by atoms with Gasteiger partial charge in [-0.1, -0.05) is 11.6 Å². The van der Waals surface area contributed by atoms with E-state index in [0.717, 1.165) is 0 Å². The highest BCUT2D eigenvalue weighted by molar-refractivity contribution is 6.30. The number of hydrogen-bond acceptors (Lipinski definition) is 4. The summed E-state index contributed by atoms with van der Waals surface area (Å²) in [6.07, 6.45) is 0.569. The number of nitrogens with one attached hydrogen (secondary N) is 1. The van der Waals surface area contributed by atoms with E-state index in [4.69, 9.17) is 20.8 Å². The van der Waals surface area contributed by atoms with Crippen molar-refractivity contribution >= 4 is 17.5 Å². The predicted molar refractivity (Wildman–Crippen MR) is 78.6 cm³/mol. The first kappa shape index (κ1) is 15.4. The van der Waals surface area contributed by atoms with E-state index in [-0.39, 0.29) is 12.5 Å². The summed E-state index contributed by atoms with van der Waals surface area (Å²) in [6.45, 7) is 2.29. The van der Waals surface area contributed by atoms with E-state index >= 15 is 0 Å². The molecule has 21 heavy (non-hydrogen) atoms. The second-order valence-corrected chi connectivity index (χ2v) is 4.75. The summed E-state index contributed by atoms with van der Waals surface area (Å²) in [7, 11) is 0. The van der Waals surface area contributed by atoms with Gasteiger partial charge in [0.2, 0.25) is 0 Å². The van der Waals surface area contributed by atoms with Gasteiger partial charge in [0.1, 0.15) is 17.6 Å². The van der Waals surface area contributed by atoms with E-state index in [2.05, 4.69) is 5.32 Å². The summed E-state index contributed by atoms with van der Waals surface area (Å²) in [5.74, 6) is 0.465. The second kappa shape index (κ2) is 7.15. The number of halogens is 1. The van der Waals surface area contributed by atoms with Crippen molar-refractivity contribution in [1.82, 2.24) is 5.32 Å². The predicted octanol–water partition coefficient (Wildman–Crippen LogP) is 2.80. The van der Waals surface area contributed by atoms with E-state index in [1.165, 1.54) is 6.26 Å². The maximum absolute atomic E-state index is 12.1. The minimum Gasteiger partial charge on any atom is -0.493 e. The van der Waals surface area contributed by atoms with Gasteiger partial charge in [-0.15, -0.1) is 0 Å². The molecule has 5 nitrogen and oxygen atoms in total. The van der Waals surface area contributed by atoms with Crippen LogP contribution in [0.5, 0.6) is 5.75 Å². The van der Waals surface area contributed by atoms with Crippen molar-refractivity contribution in [3.63, 3.8) is 0 Å². The zero-order valence-electron chi connectivity index (χ0n) is 11.5. The Hall–Kier alpha value is -1.98. The molecule has 6 heteroatoms. The Bertz CT molecular complexity index is 598. The number of carbonyl (C=O) groups is 1. The molecule has 1 atom stereocenters. The smallest absolute Gasteiger partial charge is 0.255 e. The lowest BCUT2D eigenvalue weighted by atomic mass is 10.1. The minimum absolute atomic E-state index is 0.0422. The minimum atomic E-state index is -0.896. The molecule has 2 rings (SSSR count). The Kier molecular flexibility index (Phi) is 5.25. The lowest BCUT2D eigenvalue weighted by Gasteiger charge is -2.12. The molecule has 1 unspecified atom stereocenters. The van der Waals surface area contributed by atoms with Crippen molar-refractivity contribution in [3.8, 4) is 5.75 Å². The van der Waals surface area contributed by atoms with E-state index in [0.29, 0.717) is 28.7 Å². The van der Waals surface area contributed by atoms with Crippen LogP contribution in [0.15, 0.2) is 41.0 Å². The first-order valence-electron chi connectivity index (χ1n) is 6.53. The molecular formula is C15H16ClNO4. The number of rotatable bonds is 6. The third kappa shape index (κ3) is 4.00. The summed E-state index contributed by atoms with van der Waals surface area (Å²) in [6, 6.07) is 8.10. The number of ether oxygens (including phenoxy) is 1. The summed E-state index contributed by atoms with van der Waals surface area (Å²) in [5, 5.41) is 13.0. The number of benzene rings is 1.